The zero-order chi connectivity index (χ0) is 11.8. The van der Waals surface area contributed by atoms with Gasteiger partial charge in [0, 0.05) is 0 Å². The van der Waals surface area contributed by atoms with Crippen LogP contribution in [0.3, 0.4) is 0 Å². The minimum Gasteiger partial charge on any atom is -0.0654 e. The third kappa shape index (κ3) is 5.58. The highest BCUT2D eigenvalue weighted by Gasteiger charge is 2.22. The summed E-state index contributed by atoms with van der Waals surface area (Å²) in [6.45, 7) is 14.3. The van der Waals surface area contributed by atoms with Crippen LogP contribution >= 0.6 is 0 Å². The van der Waals surface area contributed by atoms with Crippen molar-refractivity contribution in [2.24, 2.45) is 23.7 Å². The molecule has 92 valence electrons. The van der Waals surface area contributed by atoms with Gasteiger partial charge in [0.25, 0.3) is 0 Å². The fourth-order valence-corrected chi connectivity index (χ4v) is 2.39. The van der Waals surface area contributed by atoms with E-state index < -0.39 is 0 Å². The van der Waals surface area contributed by atoms with Crippen LogP contribution in [0.5, 0.6) is 0 Å². The lowest BCUT2D eigenvalue weighted by Crippen LogP contribution is -2.22. The minimum absolute atomic E-state index is 0.881. The van der Waals surface area contributed by atoms with Crippen molar-refractivity contribution in [3.8, 4) is 0 Å². The van der Waals surface area contributed by atoms with Crippen LogP contribution in [0.2, 0.25) is 0 Å². The minimum atomic E-state index is 0.881. The van der Waals surface area contributed by atoms with Crippen LogP contribution in [0.1, 0.15) is 73.6 Å². The van der Waals surface area contributed by atoms with Crippen molar-refractivity contribution in [1.82, 2.24) is 0 Å². The first-order valence-corrected chi connectivity index (χ1v) is 7.04. The summed E-state index contributed by atoms with van der Waals surface area (Å²) in [6.07, 6.45) is 6.94. The van der Waals surface area contributed by atoms with Crippen LogP contribution in [-0.2, 0) is 0 Å². The highest BCUT2D eigenvalue weighted by atomic mass is 14.3. The first-order chi connectivity index (χ1) is 7.04. The summed E-state index contributed by atoms with van der Waals surface area (Å²) in [5.74, 6) is 3.55. The van der Waals surface area contributed by atoms with Gasteiger partial charge in [-0.15, -0.1) is 0 Å². The summed E-state index contributed by atoms with van der Waals surface area (Å²) in [6, 6.07) is 0. The van der Waals surface area contributed by atoms with Gasteiger partial charge in [-0.1, -0.05) is 73.6 Å². The van der Waals surface area contributed by atoms with E-state index in [4.69, 9.17) is 0 Å². The van der Waals surface area contributed by atoms with Gasteiger partial charge < -0.3 is 0 Å². The summed E-state index contributed by atoms with van der Waals surface area (Å²) in [4.78, 5) is 0. The molecule has 0 aliphatic rings. The molecule has 0 aliphatic heterocycles. The van der Waals surface area contributed by atoms with Gasteiger partial charge in [0.2, 0.25) is 0 Å². The normalized spacial score (nSPS) is 19.6. The SMILES string of the molecule is CCCCCC(C)C(C)C(C)C(C)CC. The molecule has 0 heterocycles. The van der Waals surface area contributed by atoms with Crippen LogP contribution in [0, 0.1) is 23.7 Å². The Balaban J connectivity index is 3.90. The lowest BCUT2D eigenvalue weighted by Gasteiger charge is -2.30. The van der Waals surface area contributed by atoms with Crippen molar-refractivity contribution in [1.29, 1.82) is 0 Å². The lowest BCUT2D eigenvalue weighted by molar-refractivity contribution is 0.198. The molecular weight excluding hydrogens is 180 g/mol. The Hall–Kier alpha value is 0. The molecule has 4 unspecified atom stereocenters. The van der Waals surface area contributed by atoms with Crippen molar-refractivity contribution in [2.75, 3.05) is 0 Å². The predicted octanol–water partition coefficient (Wildman–Crippen LogP) is 5.52. The zero-order valence-corrected chi connectivity index (χ0v) is 11.8. The quantitative estimate of drug-likeness (QED) is 0.465. The molecule has 0 aromatic rings. The van der Waals surface area contributed by atoms with E-state index in [2.05, 4.69) is 41.5 Å². The van der Waals surface area contributed by atoms with E-state index in [0.717, 1.165) is 23.7 Å². The molecule has 0 rings (SSSR count). The van der Waals surface area contributed by atoms with Crippen LogP contribution in [0.4, 0.5) is 0 Å². The third-order valence-corrected chi connectivity index (χ3v) is 4.53. The van der Waals surface area contributed by atoms with Crippen molar-refractivity contribution < 1.29 is 0 Å². The van der Waals surface area contributed by atoms with Crippen molar-refractivity contribution >= 4 is 0 Å². The molecule has 0 fully saturated rings. The van der Waals surface area contributed by atoms with Crippen LogP contribution in [0.15, 0.2) is 0 Å². The Labute approximate surface area is 97.8 Å². The van der Waals surface area contributed by atoms with Gasteiger partial charge in [0.05, 0.1) is 0 Å². The van der Waals surface area contributed by atoms with E-state index >= 15 is 0 Å². The van der Waals surface area contributed by atoms with Gasteiger partial charge in [0.1, 0.15) is 0 Å². The molecule has 4 atom stereocenters. The number of hydrogen-bond donors (Lipinski definition) is 0. The standard InChI is InChI=1S/C15H32/c1-7-9-10-11-13(4)15(6)14(5)12(3)8-2/h12-15H,7-11H2,1-6H3. The molecule has 0 bridgehead atoms. The van der Waals surface area contributed by atoms with Crippen molar-refractivity contribution in [2.45, 2.75) is 73.6 Å². The molecule has 0 amide bonds. The second-order valence-corrected chi connectivity index (χ2v) is 5.58. The molecule has 0 spiro atoms. The second-order valence-electron chi connectivity index (χ2n) is 5.58. The Morgan fingerprint density at radius 2 is 1.27 bits per heavy atom. The van der Waals surface area contributed by atoms with Gasteiger partial charge >= 0.3 is 0 Å². The van der Waals surface area contributed by atoms with Gasteiger partial charge in [0.15, 0.2) is 0 Å². The molecule has 0 N–H and O–H groups in total. The summed E-state index contributed by atoms with van der Waals surface area (Å²) < 4.78 is 0. The first kappa shape index (κ1) is 15.0. The maximum absolute atomic E-state index is 2.45. The highest BCUT2D eigenvalue weighted by molar-refractivity contribution is 4.72. The fourth-order valence-electron chi connectivity index (χ4n) is 2.39. The Bertz CT molecular complexity index is 139. The van der Waals surface area contributed by atoms with Crippen LogP contribution < -0.4 is 0 Å². The molecule has 0 aromatic heterocycles. The van der Waals surface area contributed by atoms with E-state index in [-0.39, 0.29) is 0 Å². The smallest absolute Gasteiger partial charge is 0.0389 e. The van der Waals surface area contributed by atoms with Crippen molar-refractivity contribution in [3.63, 3.8) is 0 Å². The predicted molar refractivity (Wildman–Crippen MR) is 71.1 cm³/mol. The Kier molecular flexibility index (Phi) is 8.19. The molecule has 0 radical (unpaired) electrons. The van der Waals surface area contributed by atoms with E-state index in [0.29, 0.717) is 0 Å². The third-order valence-electron chi connectivity index (χ3n) is 4.53. The van der Waals surface area contributed by atoms with Gasteiger partial charge in [-0.3, -0.25) is 0 Å². The zero-order valence-electron chi connectivity index (χ0n) is 11.8. The molecule has 0 saturated carbocycles. The molecule has 0 aliphatic carbocycles. The number of hydrogen-bond acceptors (Lipinski definition) is 0. The largest absolute Gasteiger partial charge is 0.0654 e. The highest BCUT2D eigenvalue weighted by Crippen LogP contribution is 2.31. The summed E-state index contributed by atoms with van der Waals surface area (Å²) in [5, 5.41) is 0. The number of rotatable bonds is 8. The second kappa shape index (κ2) is 8.19. The molecule has 0 nitrogen and oxygen atoms in total. The average Bonchev–Trinajstić information content (AvgIpc) is 2.26. The molecule has 0 saturated heterocycles. The number of unbranched alkanes of at least 4 members (excludes halogenated alkanes) is 2. The summed E-state index contributed by atoms with van der Waals surface area (Å²) in [5.41, 5.74) is 0. The molecule has 0 heteroatoms. The lowest BCUT2D eigenvalue weighted by atomic mass is 9.76. The topological polar surface area (TPSA) is 0 Å². The first-order valence-electron chi connectivity index (χ1n) is 7.04. The molecule has 0 aromatic carbocycles. The van der Waals surface area contributed by atoms with Crippen LogP contribution in [0.25, 0.3) is 0 Å². The molecule has 15 heavy (non-hydrogen) atoms. The molecular formula is C15H32. The van der Waals surface area contributed by atoms with E-state index in [1.54, 1.807) is 0 Å². The Morgan fingerprint density at radius 3 is 1.73 bits per heavy atom. The van der Waals surface area contributed by atoms with E-state index in [1.165, 1.54) is 32.1 Å². The summed E-state index contributed by atoms with van der Waals surface area (Å²) in [7, 11) is 0. The maximum Gasteiger partial charge on any atom is -0.0389 e. The van der Waals surface area contributed by atoms with Gasteiger partial charge in [-0.05, 0) is 23.7 Å². The average molecular weight is 212 g/mol. The van der Waals surface area contributed by atoms with E-state index in [1.807, 2.05) is 0 Å². The van der Waals surface area contributed by atoms with Gasteiger partial charge in [-0.25, -0.2) is 0 Å². The van der Waals surface area contributed by atoms with Gasteiger partial charge in [-0.2, -0.15) is 0 Å². The maximum atomic E-state index is 2.45. The van der Waals surface area contributed by atoms with Crippen LogP contribution in [-0.4, -0.2) is 0 Å². The Morgan fingerprint density at radius 1 is 0.733 bits per heavy atom. The monoisotopic (exact) mass is 212 g/mol. The van der Waals surface area contributed by atoms with E-state index in [9.17, 15) is 0 Å². The summed E-state index contributed by atoms with van der Waals surface area (Å²) >= 11 is 0. The van der Waals surface area contributed by atoms with Crippen molar-refractivity contribution in [3.05, 3.63) is 0 Å². The fraction of sp³-hybridized carbons (Fsp3) is 1.00.